The molecule has 1 aliphatic rings. The van der Waals surface area contributed by atoms with Gasteiger partial charge in [0.1, 0.15) is 22.3 Å². The van der Waals surface area contributed by atoms with Crippen LogP contribution in [0.3, 0.4) is 0 Å². The lowest BCUT2D eigenvalue weighted by molar-refractivity contribution is 0.660. The van der Waals surface area contributed by atoms with Crippen LogP contribution in [0.1, 0.15) is 25.0 Å². The van der Waals surface area contributed by atoms with Crippen LogP contribution in [-0.4, -0.2) is 4.57 Å². The Hall–Kier alpha value is -8.60. The van der Waals surface area contributed by atoms with Crippen molar-refractivity contribution in [3.8, 4) is 39.1 Å². The molecule has 0 atom stereocenters. The van der Waals surface area contributed by atoms with Crippen LogP contribution in [0, 0.1) is 0 Å². The van der Waals surface area contributed by atoms with Gasteiger partial charge in [0.2, 0.25) is 0 Å². The molecule has 4 nitrogen and oxygen atoms in total. The highest BCUT2D eigenvalue weighted by Crippen LogP contribution is 2.52. The Balaban J connectivity index is 0.870. The summed E-state index contributed by atoms with van der Waals surface area (Å²) >= 11 is 0. The predicted molar refractivity (Wildman–Crippen MR) is 278 cm³/mol. The molecule has 3 heterocycles. The second-order valence-electron chi connectivity index (χ2n) is 18.5. The van der Waals surface area contributed by atoms with Crippen molar-refractivity contribution in [3.63, 3.8) is 0 Å². The Morgan fingerprint density at radius 3 is 1.30 bits per heavy atom. The Kier molecular flexibility index (Phi) is 8.00. The summed E-state index contributed by atoms with van der Waals surface area (Å²) in [6, 6.07) is 79.2. The van der Waals surface area contributed by atoms with Crippen molar-refractivity contribution < 1.29 is 8.83 Å². The molecule has 316 valence electrons. The van der Waals surface area contributed by atoms with Gasteiger partial charge in [0.15, 0.2) is 0 Å². The lowest BCUT2D eigenvalue weighted by atomic mass is 9.82. The summed E-state index contributed by atoms with van der Waals surface area (Å²) < 4.78 is 14.8. The van der Waals surface area contributed by atoms with Crippen molar-refractivity contribution in [3.05, 3.63) is 230 Å². The fraction of sp³-hybridized carbons (Fsp3) is 0.0476. The van der Waals surface area contributed by atoms with Gasteiger partial charge < -0.3 is 18.3 Å². The number of benzene rings is 10. The molecule has 10 aromatic carbocycles. The second-order valence-corrected chi connectivity index (χ2v) is 18.5. The summed E-state index contributed by atoms with van der Waals surface area (Å²) in [6.45, 7) is 4.76. The van der Waals surface area contributed by atoms with Crippen molar-refractivity contribution in [1.82, 2.24) is 4.57 Å². The van der Waals surface area contributed by atoms with E-state index in [1.165, 1.54) is 49.7 Å². The minimum Gasteiger partial charge on any atom is -0.456 e. The first-order valence-electron chi connectivity index (χ1n) is 23.1. The zero-order valence-electron chi connectivity index (χ0n) is 37.0. The Bertz CT molecular complexity index is 3920. The molecule has 4 heteroatoms. The SMILES string of the molecule is CC1(C)c2cc(N(c3ccc(-c4ccc5oc6ccccc6c5c4)cc3)c3ccc(-c4ccc5oc6ccccc6c5c4)cc3)ccc2-c2ccc(-n3c4ccccc4c4ccccc43)cc21. The maximum atomic E-state index is 6.17. The van der Waals surface area contributed by atoms with E-state index in [0.717, 1.165) is 83.2 Å². The summed E-state index contributed by atoms with van der Waals surface area (Å²) in [7, 11) is 0. The highest BCUT2D eigenvalue weighted by molar-refractivity contribution is 6.10. The number of para-hydroxylation sites is 4. The third-order valence-corrected chi connectivity index (χ3v) is 14.4. The molecule has 0 bridgehead atoms. The lowest BCUT2D eigenvalue weighted by Crippen LogP contribution is -2.17. The van der Waals surface area contributed by atoms with Crippen LogP contribution in [-0.2, 0) is 5.41 Å². The average molecular weight is 859 g/mol. The second kappa shape index (κ2) is 14.2. The van der Waals surface area contributed by atoms with Crippen LogP contribution in [0.15, 0.2) is 227 Å². The highest BCUT2D eigenvalue weighted by Gasteiger charge is 2.36. The fourth-order valence-electron chi connectivity index (χ4n) is 11.1. The topological polar surface area (TPSA) is 34.5 Å². The van der Waals surface area contributed by atoms with Gasteiger partial charge in [-0.3, -0.25) is 0 Å². The standard InChI is InChI=1S/C63H42N2O2/c1-63(2)55-37-45(29-31-47(55)48-32-30-46(38-56(48)63)65-57-15-7-3-11-49(57)50-12-4-8-16-58(50)65)64(43-25-19-39(20-26-43)41-23-33-61-53(35-41)51-13-5-9-17-59(51)66-61)44-27-21-40(22-28-44)42-24-34-62-54(36-42)52-14-6-10-18-60(52)67-62/h3-38H,1-2H3. The zero-order valence-corrected chi connectivity index (χ0v) is 37.0. The molecule has 0 radical (unpaired) electrons. The molecule has 0 spiro atoms. The Morgan fingerprint density at radius 2 is 0.761 bits per heavy atom. The van der Waals surface area contributed by atoms with Crippen molar-refractivity contribution in [2.24, 2.45) is 0 Å². The van der Waals surface area contributed by atoms with E-state index in [1.807, 2.05) is 24.3 Å². The number of hydrogen-bond donors (Lipinski definition) is 0. The number of aromatic nitrogens is 1. The molecule has 1 aliphatic carbocycles. The van der Waals surface area contributed by atoms with Gasteiger partial charge in [-0.1, -0.05) is 135 Å². The number of nitrogens with zero attached hydrogens (tertiary/aromatic N) is 2. The van der Waals surface area contributed by atoms with Gasteiger partial charge in [0.05, 0.1) is 11.0 Å². The van der Waals surface area contributed by atoms with Crippen molar-refractivity contribution >= 4 is 82.7 Å². The molecule has 0 amide bonds. The molecule has 0 aliphatic heterocycles. The first-order chi connectivity index (χ1) is 32.9. The van der Waals surface area contributed by atoms with E-state index in [1.54, 1.807) is 0 Å². The first kappa shape index (κ1) is 37.7. The normalized spacial score (nSPS) is 13.0. The minimum absolute atomic E-state index is 0.249. The van der Waals surface area contributed by atoms with Gasteiger partial charge in [-0.2, -0.15) is 0 Å². The Labute approximate surface area is 387 Å². The predicted octanol–water partition coefficient (Wildman–Crippen LogP) is 17.7. The van der Waals surface area contributed by atoms with E-state index >= 15 is 0 Å². The number of fused-ring (bicyclic) bond motifs is 12. The Morgan fingerprint density at radius 1 is 0.343 bits per heavy atom. The van der Waals surface area contributed by atoms with Crippen molar-refractivity contribution in [2.75, 3.05) is 4.90 Å². The number of rotatable bonds is 6. The number of anilines is 3. The van der Waals surface area contributed by atoms with E-state index in [-0.39, 0.29) is 5.41 Å². The highest BCUT2D eigenvalue weighted by atomic mass is 16.3. The van der Waals surface area contributed by atoms with Gasteiger partial charge in [-0.15, -0.1) is 0 Å². The van der Waals surface area contributed by atoms with Crippen LogP contribution in [0.25, 0.3) is 105 Å². The fourth-order valence-corrected chi connectivity index (χ4v) is 11.1. The third-order valence-electron chi connectivity index (χ3n) is 14.4. The summed E-state index contributed by atoms with van der Waals surface area (Å²) in [5.74, 6) is 0. The largest absolute Gasteiger partial charge is 0.456 e. The molecule has 0 saturated carbocycles. The molecule has 14 rings (SSSR count). The maximum Gasteiger partial charge on any atom is 0.135 e. The van der Waals surface area contributed by atoms with Gasteiger partial charge >= 0.3 is 0 Å². The zero-order chi connectivity index (χ0) is 44.4. The van der Waals surface area contributed by atoms with Gasteiger partial charge in [-0.05, 0) is 142 Å². The van der Waals surface area contributed by atoms with Crippen LogP contribution in [0.4, 0.5) is 17.1 Å². The first-order valence-corrected chi connectivity index (χ1v) is 23.1. The van der Waals surface area contributed by atoms with Crippen molar-refractivity contribution in [2.45, 2.75) is 19.3 Å². The summed E-state index contributed by atoms with van der Waals surface area (Å²) in [5.41, 5.74) is 20.1. The third kappa shape index (κ3) is 5.73. The van der Waals surface area contributed by atoms with Crippen LogP contribution >= 0.6 is 0 Å². The van der Waals surface area contributed by atoms with E-state index in [0.29, 0.717) is 0 Å². The molecule has 3 aromatic heterocycles. The minimum atomic E-state index is -0.249. The number of furan rings is 2. The molecule has 67 heavy (non-hydrogen) atoms. The molecular formula is C63H42N2O2. The van der Waals surface area contributed by atoms with Gasteiger partial charge in [0, 0.05) is 60.5 Å². The smallest absolute Gasteiger partial charge is 0.135 e. The quantitative estimate of drug-likeness (QED) is 0.167. The summed E-state index contributed by atoms with van der Waals surface area (Å²) in [5, 5.41) is 7.06. The van der Waals surface area contributed by atoms with E-state index < -0.39 is 0 Å². The van der Waals surface area contributed by atoms with Crippen molar-refractivity contribution in [1.29, 1.82) is 0 Å². The van der Waals surface area contributed by atoms with Crippen LogP contribution in [0.5, 0.6) is 0 Å². The van der Waals surface area contributed by atoms with E-state index in [9.17, 15) is 0 Å². The summed E-state index contributed by atoms with van der Waals surface area (Å²) in [4.78, 5) is 2.40. The number of hydrogen-bond acceptors (Lipinski definition) is 3. The molecule has 13 aromatic rings. The van der Waals surface area contributed by atoms with Crippen LogP contribution in [0.2, 0.25) is 0 Å². The molecule has 0 fully saturated rings. The van der Waals surface area contributed by atoms with E-state index in [2.05, 4.69) is 217 Å². The van der Waals surface area contributed by atoms with Gasteiger partial charge in [0.25, 0.3) is 0 Å². The monoisotopic (exact) mass is 858 g/mol. The maximum absolute atomic E-state index is 6.17. The lowest BCUT2D eigenvalue weighted by Gasteiger charge is -2.28. The van der Waals surface area contributed by atoms with Gasteiger partial charge in [-0.25, -0.2) is 0 Å². The molecular weight excluding hydrogens is 817 g/mol. The molecule has 0 N–H and O–H groups in total. The van der Waals surface area contributed by atoms with Crippen LogP contribution < -0.4 is 4.90 Å². The molecule has 0 unspecified atom stereocenters. The summed E-state index contributed by atoms with van der Waals surface area (Å²) in [6.07, 6.45) is 0. The molecule has 0 saturated heterocycles. The van der Waals surface area contributed by atoms with E-state index in [4.69, 9.17) is 8.83 Å². The average Bonchev–Trinajstić information content (AvgIpc) is 4.10.